The lowest BCUT2D eigenvalue weighted by molar-refractivity contribution is 0.436. The van der Waals surface area contributed by atoms with Crippen molar-refractivity contribution < 1.29 is 4.74 Å². The first-order chi connectivity index (χ1) is 22.8. The Balaban J connectivity index is 1.18. The fraction of sp³-hybridized carbons (Fsp3) is 0.0233. The first-order valence-electron chi connectivity index (χ1n) is 15.7. The average Bonchev–Trinajstić information content (AvgIpc) is 3.42. The number of para-hydroxylation sites is 1. The van der Waals surface area contributed by atoms with Crippen LogP contribution in [0.2, 0.25) is 0 Å². The summed E-state index contributed by atoms with van der Waals surface area (Å²) in [7, 11) is 0. The van der Waals surface area contributed by atoms with E-state index in [1.807, 2.05) is 18.2 Å². The molecular weight excluding hydrogens is 560 g/mol. The molecule has 8 aromatic rings. The molecule has 10 rings (SSSR count). The van der Waals surface area contributed by atoms with E-state index in [9.17, 15) is 0 Å². The minimum absolute atomic E-state index is 0.472. The molecule has 1 aliphatic heterocycles. The Bertz CT molecular complexity index is 2470. The Hall–Kier alpha value is -6.06. The first-order valence-corrected chi connectivity index (χ1v) is 15.7. The lowest BCUT2D eigenvalue weighted by Gasteiger charge is -2.39. The number of benzene rings is 6. The number of aromatic nitrogens is 2. The van der Waals surface area contributed by atoms with Crippen LogP contribution >= 0.6 is 0 Å². The third kappa shape index (κ3) is 3.43. The number of ether oxygens (including phenoxy) is 1. The van der Waals surface area contributed by atoms with Crippen molar-refractivity contribution in [2.45, 2.75) is 5.41 Å². The molecule has 0 saturated heterocycles. The standard InChI is InChI=1S/C43H26N2O/c1-2-10-27(11-3-1)37-24-21-28-18-19-29-22-25-38(45-42(29)41(28)44-37)30-20-23-36-40(26-30)46-39-17-9-8-16-35(39)43(36)33-14-6-4-12-31(33)32-13-5-7-15-34(32)43/h1-26H. The molecule has 0 atom stereocenters. The average molecular weight is 587 g/mol. The highest BCUT2D eigenvalue weighted by atomic mass is 16.5. The Labute approximate surface area is 266 Å². The number of nitrogens with zero attached hydrogens (tertiary/aromatic N) is 2. The van der Waals surface area contributed by atoms with E-state index in [1.54, 1.807) is 0 Å². The molecule has 2 aromatic heterocycles. The van der Waals surface area contributed by atoms with E-state index < -0.39 is 5.41 Å². The molecule has 214 valence electrons. The quantitative estimate of drug-likeness (QED) is 0.189. The summed E-state index contributed by atoms with van der Waals surface area (Å²) >= 11 is 0. The molecule has 0 saturated carbocycles. The topological polar surface area (TPSA) is 35.0 Å². The molecule has 46 heavy (non-hydrogen) atoms. The van der Waals surface area contributed by atoms with Crippen LogP contribution in [0.4, 0.5) is 0 Å². The number of hydrogen-bond donors (Lipinski definition) is 0. The van der Waals surface area contributed by atoms with Gasteiger partial charge in [-0.3, -0.25) is 0 Å². The summed E-state index contributed by atoms with van der Waals surface area (Å²) in [6, 6.07) is 55.8. The molecule has 0 amide bonds. The zero-order valence-corrected chi connectivity index (χ0v) is 24.8. The first kappa shape index (κ1) is 25.3. The van der Waals surface area contributed by atoms with Crippen LogP contribution in [0.15, 0.2) is 158 Å². The zero-order chi connectivity index (χ0) is 30.2. The van der Waals surface area contributed by atoms with Gasteiger partial charge in [-0.2, -0.15) is 0 Å². The van der Waals surface area contributed by atoms with E-state index in [0.29, 0.717) is 0 Å². The number of fused-ring (bicyclic) bond motifs is 12. The Morgan fingerprint density at radius 2 is 0.913 bits per heavy atom. The van der Waals surface area contributed by atoms with Gasteiger partial charge in [-0.25, -0.2) is 9.97 Å². The second-order valence-corrected chi connectivity index (χ2v) is 12.1. The smallest absolute Gasteiger partial charge is 0.132 e. The van der Waals surface area contributed by atoms with Gasteiger partial charge < -0.3 is 4.74 Å². The van der Waals surface area contributed by atoms with Crippen molar-refractivity contribution >= 4 is 21.8 Å². The van der Waals surface area contributed by atoms with Gasteiger partial charge in [-0.1, -0.05) is 133 Å². The summed E-state index contributed by atoms with van der Waals surface area (Å²) < 4.78 is 6.74. The van der Waals surface area contributed by atoms with Crippen molar-refractivity contribution in [2.24, 2.45) is 0 Å². The van der Waals surface area contributed by atoms with Gasteiger partial charge in [-0.05, 0) is 46.5 Å². The third-order valence-electron chi connectivity index (χ3n) is 9.73. The van der Waals surface area contributed by atoms with Gasteiger partial charge in [0.05, 0.1) is 27.8 Å². The molecule has 0 fully saturated rings. The van der Waals surface area contributed by atoms with Crippen LogP contribution in [0.1, 0.15) is 22.3 Å². The van der Waals surface area contributed by atoms with Gasteiger partial charge in [-0.15, -0.1) is 0 Å². The van der Waals surface area contributed by atoms with Gasteiger partial charge in [0, 0.05) is 33.0 Å². The maximum Gasteiger partial charge on any atom is 0.132 e. The minimum atomic E-state index is -0.472. The molecule has 6 aromatic carbocycles. The molecule has 3 heterocycles. The SMILES string of the molecule is c1ccc(-c2ccc3ccc4ccc(-c5ccc6c(c5)Oc5ccccc5C65c6ccccc6-c6ccccc65)nc4c3n2)cc1. The van der Waals surface area contributed by atoms with E-state index in [-0.39, 0.29) is 0 Å². The van der Waals surface area contributed by atoms with Gasteiger partial charge >= 0.3 is 0 Å². The normalized spacial score (nSPS) is 13.6. The molecule has 3 nitrogen and oxygen atoms in total. The predicted molar refractivity (Wildman–Crippen MR) is 185 cm³/mol. The summed E-state index contributed by atoms with van der Waals surface area (Å²) in [6.07, 6.45) is 0. The second kappa shape index (κ2) is 9.47. The lowest BCUT2D eigenvalue weighted by Crippen LogP contribution is -2.32. The van der Waals surface area contributed by atoms with Gasteiger partial charge in [0.1, 0.15) is 11.5 Å². The summed E-state index contributed by atoms with van der Waals surface area (Å²) in [5.74, 6) is 1.74. The van der Waals surface area contributed by atoms with Crippen LogP contribution in [-0.4, -0.2) is 9.97 Å². The van der Waals surface area contributed by atoms with Crippen LogP contribution in [0.3, 0.4) is 0 Å². The molecule has 2 aliphatic rings. The molecule has 0 unspecified atom stereocenters. The summed E-state index contributed by atoms with van der Waals surface area (Å²) in [5, 5.41) is 2.14. The molecular formula is C43H26N2O. The number of rotatable bonds is 2. The second-order valence-electron chi connectivity index (χ2n) is 12.1. The van der Waals surface area contributed by atoms with E-state index >= 15 is 0 Å². The Morgan fingerprint density at radius 1 is 0.391 bits per heavy atom. The molecule has 1 aliphatic carbocycles. The van der Waals surface area contributed by atoms with Gasteiger partial charge in [0.2, 0.25) is 0 Å². The fourth-order valence-electron chi connectivity index (χ4n) is 7.72. The minimum Gasteiger partial charge on any atom is -0.457 e. The zero-order valence-electron chi connectivity index (χ0n) is 24.8. The van der Waals surface area contributed by atoms with Crippen molar-refractivity contribution in [2.75, 3.05) is 0 Å². The van der Waals surface area contributed by atoms with Crippen LogP contribution in [-0.2, 0) is 5.41 Å². The fourth-order valence-corrected chi connectivity index (χ4v) is 7.72. The van der Waals surface area contributed by atoms with Crippen LogP contribution < -0.4 is 4.74 Å². The van der Waals surface area contributed by atoms with Crippen molar-refractivity contribution in [3.63, 3.8) is 0 Å². The molecule has 0 bridgehead atoms. The van der Waals surface area contributed by atoms with Crippen molar-refractivity contribution in [1.82, 2.24) is 9.97 Å². The Morgan fingerprint density at radius 3 is 1.59 bits per heavy atom. The highest BCUT2D eigenvalue weighted by molar-refractivity contribution is 6.04. The van der Waals surface area contributed by atoms with Gasteiger partial charge in [0.25, 0.3) is 0 Å². The maximum absolute atomic E-state index is 6.74. The number of pyridine rings is 2. The van der Waals surface area contributed by atoms with Crippen molar-refractivity contribution in [3.8, 4) is 45.1 Å². The molecule has 0 N–H and O–H groups in total. The predicted octanol–water partition coefficient (Wildman–Crippen LogP) is 10.6. The van der Waals surface area contributed by atoms with Crippen LogP contribution in [0.25, 0.3) is 55.4 Å². The van der Waals surface area contributed by atoms with Crippen LogP contribution in [0, 0.1) is 0 Å². The number of hydrogen-bond acceptors (Lipinski definition) is 3. The lowest BCUT2D eigenvalue weighted by atomic mass is 9.66. The van der Waals surface area contributed by atoms with E-state index in [2.05, 4.69) is 140 Å². The van der Waals surface area contributed by atoms with E-state index in [1.165, 1.54) is 27.8 Å². The van der Waals surface area contributed by atoms with Crippen molar-refractivity contribution in [1.29, 1.82) is 0 Å². The van der Waals surface area contributed by atoms with Crippen molar-refractivity contribution in [3.05, 3.63) is 180 Å². The highest BCUT2D eigenvalue weighted by Gasteiger charge is 2.50. The highest BCUT2D eigenvalue weighted by Crippen LogP contribution is 2.62. The third-order valence-corrected chi connectivity index (χ3v) is 9.73. The van der Waals surface area contributed by atoms with E-state index in [4.69, 9.17) is 14.7 Å². The van der Waals surface area contributed by atoms with Crippen LogP contribution in [0.5, 0.6) is 11.5 Å². The van der Waals surface area contributed by atoms with Gasteiger partial charge in [0.15, 0.2) is 0 Å². The molecule has 3 heteroatoms. The molecule has 1 spiro atoms. The van der Waals surface area contributed by atoms with E-state index in [0.717, 1.165) is 61.4 Å². The summed E-state index contributed by atoms with van der Waals surface area (Å²) in [6.45, 7) is 0. The largest absolute Gasteiger partial charge is 0.457 e. The monoisotopic (exact) mass is 586 g/mol. The Kier molecular flexibility index (Phi) is 5.20. The summed E-state index contributed by atoms with van der Waals surface area (Å²) in [5.41, 5.74) is 12.7. The maximum atomic E-state index is 6.74. The molecule has 0 radical (unpaired) electrons. The summed E-state index contributed by atoms with van der Waals surface area (Å²) in [4.78, 5) is 10.4.